The second-order valence-corrected chi connectivity index (χ2v) is 9.41. The first-order valence-electron chi connectivity index (χ1n) is 4.42. The van der Waals surface area contributed by atoms with Crippen molar-refractivity contribution in [2.75, 3.05) is 5.88 Å². The standard InChI is InChI=1S/C10H10Cl3OPS/c1-8-2-4-9(5-3-8)16-10(6-11)7-15(12,13)14/h2-5,7H,6H2,1H3/b10-7-. The monoisotopic (exact) mass is 314 g/mol. The predicted octanol–water partition coefficient (Wildman–Crippen LogP) is 5.84. The van der Waals surface area contributed by atoms with Crippen LogP contribution in [0, 0.1) is 6.92 Å². The number of allylic oxidation sites excluding steroid dienone is 1. The van der Waals surface area contributed by atoms with Crippen LogP contribution >= 0.6 is 51.7 Å². The van der Waals surface area contributed by atoms with Crippen LogP contribution in [0.4, 0.5) is 0 Å². The summed E-state index contributed by atoms with van der Waals surface area (Å²) in [5.41, 5.74) is 1.18. The van der Waals surface area contributed by atoms with Crippen molar-refractivity contribution in [1.82, 2.24) is 0 Å². The molecule has 16 heavy (non-hydrogen) atoms. The zero-order valence-corrected chi connectivity index (χ0v) is 12.5. The molecule has 88 valence electrons. The number of alkyl halides is 1. The molecule has 0 fully saturated rings. The maximum atomic E-state index is 11.2. The highest BCUT2D eigenvalue weighted by Gasteiger charge is 2.12. The fourth-order valence-corrected chi connectivity index (χ4v) is 4.13. The van der Waals surface area contributed by atoms with Gasteiger partial charge in [-0.3, -0.25) is 4.57 Å². The molecule has 0 radical (unpaired) electrons. The lowest BCUT2D eigenvalue weighted by molar-refractivity contribution is 0.597. The summed E-state index contributed by atoms with van der Waals surface area (Å²) in [6.45, 7) is 2.01. The zero-order valence-electron chi connectivity index (χ0n) is 8.49. The maximum absolute atomic E-state index is 11.2. The predicted molar refractivity (Wildman–Crippen MR) is 75.2 cm³/mol. The van der Waals surface area contributed by atoms with E-state index in [0.717, 1.165) is 4.90 Å². The van der Waals surface area contributed by atoms with Crippen LogP contribution in [0.2, 0.25) is 0 Å². The summed E-state index contributed by atoms with van der Waals surface area (Å²) < 4.78 is 11.2. The second kappa shape index (κ2) is 6.37. The average Bonchev–Trinajstić information content (AvgIpc) is 2.18. The van der Waals surface area contributed by atoms with Gasteiger partial charge < -0.3 is 0 Å². The Bertz CT molecular complexity index is 424. The molecule has 0 unspecified atom stereocenters. The summed E-state index contributed by atoms with van der Waals surface area (Å²) in [6, 6.07) is 7.92. The summed E-state index contributed by atoms with van der Waals surface area (Å²) in [5.74, 6) is -1.64. The second-order valence-electron chi connectivity index (χ2n) is 3.15. The quantitative estimate of drug-likeness (QED) is 0.394. The molecule has 0 saturated heterocycles. The molecule has 0 heterocycles. The van der Waals surface area contributed by atoms with Crippen LogP contribution in [-0.2, 0) is 4.57 Å². The minimum Gasteiger partial charge on any atom is -0.285 e. The molecule has 0 bridgehead atoms. The Morgan fingerprint density at radius 2 is 1.94 bits per heavy atom. The van der Waals surface area contributed by atoms with Gasteiger partial charge in [-0.2, -0.15) is 0 Å². The molecule has 0 aromatic heterocycles. The van der Waals surface area contributed by atoms with Crippen LogP contribution < -0.4 is 0 Å². The van der Waals surface area contributed by atoms with Crippen molar-refractivity contribution in [2.24, 2.45) is 0 Å². The third-order valence-corrected chi connectivity index (χ3v) is 4.55. The van der Waals surface area contributed by atoms with E-state index in [0.29, 0.717) is 4.91 Å². The van der Waals surface area contributed by atoms with Gasteiger partial charge in [-0.05, 0) is 41.5 Å². The fraction of sp³-hybridized carbons (Fsp3) is 0.200. The van der Waals surface area contributed by atoms with Gasteiger partial charge in [0.25, 0.3) is 5.85 Å². The smallest absolute Gasteiger partial charge is 0.275 e. The molecule has 6 heteroatoms. The lowest BCUT2D eigenvalue weighted by atomic mass is 10.2. The van der Waals surface area contributed by atoms with Gasteiger partial charge in [-0.1, -0.05) is 29.5 Å². The highest BCUT2D eigenvalue weighted by Crippen LogP contribution is 2.59. The van der Waals surface area contributed by atoms with Crippen molar-refractivity contribution in [3.63, 3.8) is 0 Å². The van der Waals surface area contributed by atoms with Gasteiger partial charge in [0.15, 0.2) is 0 Å². The molecule has 0 atom stereocenters. The SMILES string of the molecule is Cc1ccc(S/C(=C\P(=O)(Cl)Cl)CCl)cc1. The molecule has 0 amide bonds. The van der Waals surface area contributed by atoms with Crippen molar-refractivity contribution >= 4 is 51.7 Å². The Morgan fingerprint density at radius 3 is 2.38 bits per heavy atom. The third kappa shape index (κ3) is 5.65. The summed E-state index contributed by atoms with van der Waals surface area (Å²) in [5, 5.41) is 0. The maximum Gasteiger partial charge on any atom is 0.275 e. The summed E-state index contributed by atoms with van der Waals surface area (Å²) in [6.07, 6.45) is 0. The Labute approximate surface area is 114 Å². The Balaban J connectivity index is 2.82. The first-order valence-corrected chi connectivity index (χ1v) is 9.35. The van der Waals surface area contributed by atoms with Gasteiger partial charge in [0.05, 0.1) is 5.88 Å². The molecule has 0 spiro atoms. The first kappa shape index (κ1) is 14.5. The van der Waals surface area contributed by atoms with E-state index in [9.17, 15) is 4.57 Å². The summed E-state index contributed by atoms with van der Waals surface area (Å²) in [4.78, 5) is 1.71. The van der Waals surface area contributed by atoms with E-state index in [-0.39, 0.29) is 5.88 Å². The Kier molecular flexibility index (Phi) is 5.76. The van der Waals surface area contributed by atoms with Crippen LogP contribution in [0.5, 0.6) is 0 Å². The van der Waals surface area contributed by atoms with E-state index in [1.807, 2.05) is 31.2 Å². The van der Waals surface area contributed by atoms with Crippen LogP contribution in [0.1, 0.15) is 5.56 Å². The molecular formula is C10H10Cl3OPS. The van der Waals surface area contributed by atoms with E-state index in [1.165, 1.54) is 23.1 Å². The molecule has 0 aliphatic rings. The fourth-order valence-electron chi connectivity index (χ4n) is 1.01. The molecule has 1 rings (SSSR count). The number of halogens is 3. The largest absolute Gasteiger partial charge is 0.285 e. The van der Waals surface area contributed by atoms with Gasteiger partial charge in [0, 0.05) is 15.6 Å². The number of aryl methyl sites for hydroxylation is 1. The number of thioether (sulfide) groups is 1. The third-order valence-electron chi connectivity index (χ3n) is 1.70. The van der Waals surface area contributed by atoms with Crippen molar-refractivity contribution < 1.29 is 4.57 Å². The minimum atomic E-state index is -3.21. The van der Waals surface area contributed by atoms with Gasteiger partial charge in [-0.25, -0.2) is 0 Å². The van der Waals surface area contributed by atoms with Crippen LogP contribution in [0.15, 0.2) is 39.9 Å². The van der Waals surface area contributed by atoms with Crippen molar-refractivity contribution in [3.05, 3.63) is 40.6 Å². The zero-order chi connectivity index (χ0) is 12.2. The molecule has 0 N–H and O–H groups in total. The summed E-state index contributed by atoms with van der Waals surface area (Å²) in [7, 11) is 0. The van der Waals surface area contributed by atoms with Crippen molar-refractivity contribution in [1.29, 1.82) is 0 Å². The first-order chi connectivity index (χ1) is 7.40. The van der Waals surface area contributed by atoms with E-state index < -0.39 is 5.85 Å². The van der Waals surface area contributed by atoms with E-state index >= 15 is 0 Å². The number of benzene rings is 1. The molecule has 1 nitrogen and oxygen atoms in total. The van der Waals surface area contributed by atoms with Gasteiger partial charge in [0.1, 0.15) is 0 Å². The highest BCUT2D eigenvalue weighted by atomic mass is 35.9. The molecule has 1 aromatic rings. The van der Waals surface area contributed by atoms with Crippen molar-refractivity contribution in [3.8, 4) is 0 Å². The molecule has 0 saturated carbocycles. The van der Waals surface area contributed by atoms with Crippen LogP contribution in [0.3, 0.4) is 0 Å². The molecule has 0 aliphatic heterocycles. The topological polar surface area (TPSA) is 17.1 Å². The van der Waals surface area contributed by atoms with Gasteiger partial charge in [-0.15, -0.1) is 11.6 Å². The summed E-state index contributed by atoms with van der Waals surface area (Å²) >= 11 is 18.1. The lowest BCUT2D eigenvalue weighted by Gasteiger charge is -2.04. The average molecular weight is 316 g/mol. The van der Waals surface area contributed by atoms with Gasteiger partial charge >= 0.3 is 0 Å². The molecule has 1 aromatic carbocycles. The molecule has 0 aliphatic carbocycles. The Morgan fingerprint density at radius 1 is 1.38 bits per heavy atom. The molecular weight excluding hydrogens is 306 g/mol. The van der Waals surface area contributed by atoms with E-state index in [4.69, 9.17) is 34.1 Å². The van der Waals surface area contributed by atoms with Crippen LogP contribution in [-0.4, -0.2) is 5.88 Å². The minimum absolute atomic E-state index is 0.238. The van der Waals surface area contributed by atoms with Gasteiger partial charge in [0.2, 0.25) is 0 Å². The van der Waals surface area contributed by atoms with Crippen LogP contribution in [0.25, 0.3) is 0 Å². The van der Waals surface area contributed by atoms with E-state index in [2.05, 4.69) is 0 Å². The highest BCUT2D eigenvalue weighted by molar-refractivity contribution is 8.11. The number of rotatable bonds is 4. The van der Waals surface area contributed by atoms with E-state index in [1.54, 1.807) is 0 Å². The lowest BCUT2D eigenvalue weighted by Crippen LogP contribution is -1.79. The number of hydrogen-bond donors (Lipinski definition) is 0. The van der Waals surface area contributed by atoms with Crippen molar-refractivity contribution in [2.45, 2.75) is 11.8 Å². The normalized spacial score (nSPS) is 12.9. The Hall–Kier alpha value is 0.410. The number of hydrogen-bond acceptors (Lipinski definition) is 2.